The number of carboxylic acids is 1. The first-order valence-electron chi connectivity index (χ1n) is 6.99. The third kappa shape index (κ3) is 5.93. The van der Waals surface area contributed by atoms with Gasteiger partial charge >= 0.3 is 5.97 Å². The van der Waals surface area contributed by atoms with Crippen molar-refractivity contribution < 1.29 is 19.4 Å². The Morgan fingerprint density at radius 1 is 1.15 bits per heavy atom. The smallest absolute Gasteiger partial charge is 0.324 e. The van der Waals surface area contributed by atoms with Gasteiger partial charge in [-0.25, -0.2) is 0 Å². The van der Waals surface area contributed by atoms with E-state index in [1.54, 1.807) is 12.1 Å². The zero-order chi connectivity index (χ0) is 14.8. The third-order valence-electron chi connectivity index (χ3n) is 2.65. The molecule has 0 fully saturated rings. The molecule has 0 spiro atoms. The van der Waals surface area contributed by atoms with E-state index in [1.807, 2.05) is 26.0 Å². The van der Waals surface area contributed by atoms with Gasteiger partial charge in [0.2, 0.25) is 0 Å². The minimum Gasteiger partial charge on any atom is -0.494 e. The van der Waals surface area contributed by atoms with E-state index < -0.39 is 12.0 Å². The first-order valence-corrected chi connectivity index (χ1v) is 6.99. The molecule has 0 aliphatic carbocycles. The van der Waals surface area contributed by atoms with Crippen LogP contribution >= 0.6 is 0 Å². The highest BCUT2D eigenvalue weighted by Gasteiger charge is 2.16. The molecule has 0 heterocycles. The molecular formula is C15H23NO4. The average Bonchev–Trinajstić information content (AvgIpc) is 2.46. The number of carbonyl (C=O) groups is 1. The fraction of sp³-hybridized carbons (Fsp3) is 0.533. The Labute approximate surface area is 119 Å². The van der Waals surface area contributed by atoms with E-state index in [2.05, 4.69) is 5.32 Å². The topological polar surface area (TPSA) is 67.8 Å². The van der Waals surface area contributed by atoms with Gasteiger partial charge in [-0.05, 0) is 43.7 Å². The lowest BCUT2D eigenvalue weighted by Gasteiger charge is -2.15. The minimum absolute atomic E-state index is 0.102. The quantitative estimate of drug-likeness (QED) is 0.689. The van der Waals surface area contributed by atoms with Crippen molar-refractivity contribution in [3.8, 4) is 11.5 Å². The Balaban J connectivity index is 2.44. The summed E-state index contributed by atoms with van der Waals surface area (Å²) < 4.78 is 11.0. The fourth-order valence-corrected chi connectivity index (χ4v) is 1.57. The van der Waals surface area contributed by atoms with Crippen molar-refractivity contribution in [1.29, 1.82) is 0 Å². The van der Waals surface area contributed by atoms with Gasteiger partial charge in [-0.2, -0.15) is 0 Å². The second kappa shape index (κ2) is 9.20. The molecule has 0 aromatic heterocycles. The van der Waals surface area contributed by atoms with Crippen molar-refractivity contribution in [3.63, 3.8) is 0 Å². The van der Waals surface area contributed by atoms with Crippen molar-refractivity contribution in [2.24, 2.45) is 0 Å². The molecule has 0 saturated carbocycles. The molecule has 0 saturated heterocycles. The molecule has 2 N–H and O–H groups in total. The standard InChI is InChI=1S/C15H23NO4/c1-3-9-16-14(15(17)18)11-20-13-7-5-12(6-8-13)19-10-4-2/h5-8,14,16H,3-4,9-11H2,1-2H3,(H,17,18). The van der Waals surface area contributed by atoms with E-state index in [-0.39, 0.29) is 6.61 Å². The molecule has 1 aromatic carbocycles. The number of carboxylic acid groups (broad SMARTS) is 1. The second-order valence-corrected chi connectivity index (χ2v) is 4.48. The maximum absolute atomic E-state index is 11.0. The molecule has 0 amide bonds. The SMILES string of the molecule is CCCNC(COc1ccc(OCCC)cc1)C(=O)O. The van der Waals surface area contributed by atoms with Gasteiger partial charge in [0.1, 0.15) is 24.1 Å². The lowest BCUT2D eigenvalue weighted by molar-refractivity contribution is -0.140. The van der Waals surface area contributed by atoms with E-state index in [0.717, 1.165) is 18.6 Å². The van der Waals surface area contributed by atoms with Crippen molar-refractivity contribution in [3.05, 3.63) is 24.3 Å². The van der Waals surface area contributed by atoms with Gasteiger partial charge in [0.05, 0.1) is 6.61 Å². The number of aliphatic carboxylic acids is 1. The molecule has 0 aliphatic rings. The number of ether oxygens (including phenoxy) is 2. The van der Waals surface area contributed by atoms with Gasteiger partial charge in [-0.3, -0.25) is 4.79 Å². The molecule has 5 nitrogen and oxygen atoms in total. The van der Waals surface area contributed by atoms with Crippen molar-refractivity contribution in [2.45, 2.75) is 32.7 Å². The minimum atomic E-state index is -0.902. The lowest BCUT2D eigenvalue weighted by Crippen LogP contribution is -2.41. The molecule has 1 atom stereocenters. The molecule has 20 heavy (non-hydrogen) atoms. The van der Waals surface area contributed by atoms with E-state index in [4.69, 9.17) is 14.6 Å². The van der Waals surface area contributed by atoms with Gasteiger partial charge in [0.15, 0.2) is 0 Å². The number of hydrogen-bond donors (Lipinski definition) is 2. The predicted octanol–water partition coefficient (Wildman–Crippen LogP) is 2.31. The molecule has 1 rings (SSSR count). The molecular weight excluding hydrogens is 258 g/mol. The molecule has 0 aliphatic heterocycles. The van der Waals surface area contributed by atoms with Crippen LogP contribution in [0.1, 0.15) is 26.7 Å². The van der Waals surface area contributed by atoms with E-state index >= 15 is 0 Å². The zero-order valence-corrected chi connectivity index (χ0v) is 12.1. The Morgan fingerprint density at radius 3 is 2.25 bits per heavy atom. The van der Waals surface area contributed by atoms with E-state index in [9.17, 15) is 4.79 Å². The maximum atomic E-state index is 11.0. The summed E-state index contributed by atoms with van der Waals surface area (Å²) in [6.45, 7) is 5.48. The van der Waals surface area contributed by atoms with Gasteiger partial charge in [-0.15, -0.1) is 0 Å². The van der Waals surface area contributed by atoms with Crippen molar-refractivity contribution in [1.82, 2.24) is 5.32 Å². The Bertz CT molecular complexity index is 391. The Kier molecular flexibility index (Phi) is 7.50. The molecule has 5 heteroatoms. The summed E-state index contributed by atoms with van der Waals surface area (Å²) in [6.07, 6.45) is 1.84. The summed E-state index contributed by atoms with van der Waals surface area (Å²) in [5.41, 5.74) is 0. The fourth-order valence-electron chi connectivity index (χ4n) is 1.57. The summed E-state index contributed by atoms with van der Waals surface area (Å²) in [6, 6.07) is 6.51. The number of benzene rings is 1. The van der Waals surface area contributed by atoms with Crippen LogP contribution in [0.15, 0.2) is 24.3 Å². The normalized spacial score (nSPS) is 11.9. The average molecular weight is 281 g/mol. The lowest BCUT2D eigenvalue weighted by atomic mass is 10.3. The second-order valence-electron chi connectivity index (χ2n) is 4.48. The van der Waals surface area contributed by atoms with Crippen LogP contribution in [0.4, 0.5) is 0 Å². The third-order valence-corrected chi connectivity index (χ3v) is 2.65. The molecule has 1 aromatic rings. The van der Waals surface area contributed by atoms with E-state index in [1.165, 1.54) is 0 Å². The van der Waals surface area contributed by atoms with Crippen LogP contribution in [-0.2, 0) is 4.79 Å². The largest absolute Gasteiger partial charge is 0.494 e. The van der Waals surface area contributed by atoms with Crippen LogP contribution in [0, 0.1) is 0 Å². The summed E-state index contributed by atoms with van der Waals surface area (Å²) >= 11 is 0. The van der Waals surface area contributed by atoms with Gasteiger partial charge in [0.25, 0.3) is 0 Å². The highest BCUT2D eigenvalue weighted by atomic mass is 16.5. The summed E-state index contributed by atoms with van der Waals surface area (Å²) in [5.74, 6) is 0.526. The van der Waals surface area contributed by atoms with Crippen molar-refractivity contribution in [2.75, 3.05) is 19.8 Å². The number of rotatable bonds is 10. The van der Waals surface area contributed by atoms with Crippen LogP contribution in [0.25, 0.3) is 0 Å². The van der Waals surface area contributed by atoms with Crippen LogP contribution in [0.3, 0.4) is 0 Å². The monoisotopic (exact) mass is 281 g/mol. The molecule has 0 bridgehead atoms. The number of hydrogen-bond acceptors (Lipinski definition) is 4. The van der Waals surface area contributed by atoms with Gasteiger partial charge in [-0.1, -0.05) is 13.8 Å². The van der Waals surface area contributed by atoms with Crippen LogP contribution in [0.2, 0.25) is 0 Å². The van der Waals surface area contributed by atoms with Gasteiger partial charge in [0, 0.05) is 0 Å². The predicted molar refractivity (Wildman–Crippen MR) is 77.4 cm³/mol. The maximum Gasteiger partial charge on any atom is 0.324 e. The van der Waals surface area contributed by atoms with Crippen LogP contribution < -0.4 is 14.8 Å². The van der Waals surface area contributed by atoms with Gasteiger partial charge < -0.3 is 19.9 Å². The van der Waals surface area contributed by atoms with Crippen LogP contribution in [-0.4, -0.2) is 36.9 Å². The van der Waals surface area contributed by atoms with Crippen LogP contribution in [0.5, 0.6) is 11.5 Å². The highest BCUT2D eigenvalue weighted by molar-refractivity contribution is 5.73. The Morgan fingerprint density at radius 2 is 1.75 bits per heavy atom. The van der Waals surface area contributed by atoms with Crippen molar-refractivity contribution >= 4 is 5.97 Å². The molecule has 0 radical (unpaired) electrons. The molecule has 112 valence electrons. The summed E-state index contributed by atoms with van der Waals surface area (Å²) in [4.78, 5) is 11.0. The Hall–Kier alpha value is -1.75. The zero-order valence-electron chi connectivity index (χ0n) is 12.1. The highest BCUT2D eigenvalue weighted by Crippen LogP contribution is 2.17. The van der Waals surface area contributed by atoms with E-state index in [0.29, 0.717) is 18.9 Å². The molecule has 1 unspecified atom stereocenters. The number of nitrogens with one attached hydrogen (secondary N) is 1. The summed E-state index contributed by atoms with van der Waals surface area (Å²) in [5, 5.41) is 12.0. The summed E-state index contributed by atoms with van der Waals surface area (Å²) in [7, 11) is 0. The first-order chi connectivity index (χ1) is 9.67. The first kappa shape index (κ1) is 16.3.